The maximum absolute atomic E-state index is 12.5. The molecule has 1 amide bonds. The van der Waals surface area contributed by atoms with Crippen LogP contribution in [0.2, 0.25) is 0 Å². The predicted octanol–water partition coefficient (Wildman–Crippen LogP) is 1.70. The van der Waals surface area contributed by atoms with E-state index in [2.05, 4.69) is 5.32 Å². The van der Waals surface area contributed by atoms with Crippen LogP contribution >= 0.6 is 0 Å². The molecule has 1 saturated heterocycles. The third-order valence-corrected chi connectivity index (χ3v) is 6.29. The summed E-state index contributed by atoms with van der Waals surface area (Å²) in [6.45, 7) is 1.45. The van der Waals surface area contributed by atoms with Gasteiger partial charge >= 0.3 is 5.97 Å². The number of esters is 1. The lowest BCUT2D eigenvalue weighted by Gasteiger charge is -2.17. The number of amides is 1. The molecule has 1 aliphatic heterocycles. The number of methoxy groups -OCH3 is 1. The Morgan fingerprint density at radius 1 is 1.19 bits per heavy atom. The predicted molar refractivity (Wildman–Crippen MR) is 101 cm³/mol. The van der Waals surface area contributed by atoms with Crippen molar-refractivity contribution in [2.45, 2.75) is 25.5 Å². The maximum Gasteiger partial charge on any atom is 0.342 e. The number of sulfone groups is 1. The van der Waals surface area contributed by atoms with Gasteiger partial charge in [0.15, 0.2) is 15.9 Å². The summed E-state index contributed by atoms with van der Waals surface area (Å²) in [6, 6.07) is 10.5. The number of fused-ring (bicyclic) bond motifs is 1. The second-order valence-electron chi connectivity index (χ2n) is 6.56. The maximum atomic E-state index is 12.5. The number of nitrogens with one attached hydrogen (secondary N) is 1. The number of carbonyl (C=O) groups is 2. The molecule has 1 heterocycles. The van der Waals surface area contributed by atoms with Gasteiger partial charge in [-0.05, 0) is 36.2 Å². The van der Waals surface area contributed by atoms with E-state index < -0.39 is 33.9 Å². The van der Waals surface area contributed by atoms with Crippen molar-refractivity contribution in [3.63, 3.8) is 0 Å². The molecule has 7 nitrogen and oxygen atoms in total. The van der Waals surface area contributed by atoms with Gasteiger partial charge in [0.2, 0.25) is 0 Å². The number of hydrogen-bond donors (Lipinski definition) is 1. The van der Waals surface area contributed by atoms with E-state index in [0.717, 1.165) is 10.8 Å². The Balaban J connectivity index is 1.71. The summed E-state index contributed by atoms with van der Waals surface area (Å²) >= 11 is 0. The topological polar surface area (TPSA) is 98.8 Å². The molecule has 2 aromatic rings. The summed E-state index contributed by atoms with van der Waals surface area (Å²) in [7, 11) is -1.65. The van der Waals surface area contributed by atoms with E-state index in [1.165, 1.54) is 14.0 Å². The lowest BCUT2D eigenvalue weighted by atomic mass is 10.1. The van der Waals surface area contributed by atoms with E-state index in [1.54, 1.807) is 12.1 Å². The van der Waals surface area contributed by atoms with E-state index in [-0.39, 0.29) is 17.1 Å². The van der Waals surface area contributed by atoms with Crippen molar-refractivity contribution < 1.29 is 27.5 Å². The number of carbonyl (C=O) groups excluding carboxylic acids is 2. The van der Waals surface area contributed by atoms with Crippen LogP contribution in [-0.2, 0) is 19.4 Å². The molecule has 1 N–H and O–H groups in total. The standard InChI is InChI=1S/C19H21NO6S/c1-12(18(21)20-15-7-8-27(23,24)11-15)26-19(22)16-9-13-5-3-4-6-14(13)10-17(16)25-2/h3-6,9-10,12,15H,7-8,11H2,1-2H3,(H,20,21)/t12-,15-/m1/s1. The first-order valence-corrected chi connectivity index (χ1v) is 10.4. The van der Waals surface area contributed by atoms with Crippen LogP contribution in [0.3, 0.4) is 0 Å². The fourth-order valence-corrected chi connectivity index (χ4v) is 4.73. The molecule has 0 aliphatic carbocycles. The molecule has 2 atom stereocenters. The van der Waals surface area contributed by atoms with E-state index >= 15 is 0 Å². The van der Waals surface area contributed by atoms with Gasteiger partial charge in [0.25, 0.3) is 5.91 Å². The van der Waals surface area contributed by atoms with Crippen LogP contribution in [-0.4, -0.2) is 51.1 Å². The van der Waals surface area contributed by atoms with Gasteiger partial charge in [0, 0.05) is 6.04 Å². The summed E-state index contributed by atoms with van der Waals surface area (Å²) in [4.78, 5) is 24.8. The van der Waals surface area contributed by atoms with Crippen molar-refractivity contribution in [3.8, 4) is 5.75 Å². The Kier molecular flexibility index (Phi) is 5.36. The summed E-state index contributed by atoms with van der Waals surface area (Å²) in [5.74, 6) is -0.879. The smallest absolute Gasteiger partial charge is 0.342 e. The molecule has 0 unspecified atom stereocenters. The molecule has 0 aromatic heterocycles. The SMILES string of the molecule is COc1cc2ccccc2cc1C(=O)O[C@H](C)C(=O)N[C@@H]1CCS(=O)(=O)C1. The van der Waals surface area contributed by atoms with Crippen LogP contribution in [0.25, 0.3) is 10.8 Å². The highest BCUT2D eigenvalue weighted by Crippen LogP contribution is 2.27. The second-order valence-corrected chi connectivity index (χ2v) is 8.78. The van der Waals surface area contributed by atoms with Gasteiger partial charge in [-0.15, -0.1) is 0 Å². The highest BCUT2D eigenvalue weighted by Gasteiger charge is 2.31. The Hall–Kier alpha value is -2.61. The minimum absolute atomic E-state index is 0.0560. The lowest BCUT2D eigenvalue weighted by molar-refractivity contribution is -0.129. The van der Waals surface area contributed by atoms with Crippen molar-refractivity contribution in [3.05, 3.63) is 42.0 Å². The van der Waals surface area contributed by atoms with Gasteiger partial charge in [-0.1, -0.05) is 24.3 Å². The molecular formula is C19H21NO6S. The van der Waals surface area contributed by atoms with Crippen LogP contribution in [0, 0.1) is 0 Å². The minimum atomic E-state index is -3.10. The van der Waals surface area contributed by atoms with Crippen LogP contribution in [0.4, 0.5) is 0 Å². The van der Waals surface area contributed by atoms with Gasteiger partial charge in [-0.25, -0.2) is 13.2 Å². The monoisotopic (exact) mass is 391 g/mol. The molecule has 3 rings (SSSR count). The average molecular weight is 391 g/mol. The Bertz CT molecular complexity index is 985. The fourth-order valence-electron chi connectivity index (χ4n) is 3.05. The Morgan fingerprint density at radius 2 is 1.85 bits per heavy atom. The molecule has 0 spiro atoms. The normalized spacial score (nSPS) is 19.4. The number of hydrogen-bond acceptors (Lipinski definition) is 6. The van der Waals surface area contributed by atoms with E-state index in [1.807, 2.05) is 24.3 Å². The largest absolute Gasteiger partial charge is 0.496 e. The molecule has 0 saturated carbocycles. The van der Waals surface area contributed by atoms with Crippen molar-refractivity contribution in [1.29, 1.82) is 0 Å². The summed E-state index contributed by atoms with van der Waals surface area (Å²) in [6.07, 6.45) is -0.690. The number of rotatable bonds is 5. The molecule has 2 aromatic carbocycles. The molecule has 1 fully saturated rings. The quantitative estimate of drug-likeness (QED) is 0.779. The van der Waals surface area contributed by atoms with Crippen molar-refractivity contribution in [2.75, 3.05) is 18.6 Å². The van der Waals surface area contributed by atoms with Gasteiger partial charge in [-0.2, -0.15) is 0 Å². The van der Waals surface area contributed by atoms with E-state index in [4.69, 9.17) is 9.47 Å². The summed E-state index contributed by atoms with van der Waals surface area (Å²) < 4.78 is 33.5. The van der Waals surface area contributed by atoms with Crippen molar-refractivity contribution in [2.24, 2.45) is 0 Å². The first-order chi connectivity index (χ1) is 12.8. The second kappa shape index (κ2) is 7.56. The van der Waals surface area contributed by atoms with E-state index in [0.29, 0.717) is 12.2 Å². The van der Waals surface area contributed by atoms with Crippen LogP contribution in [0.15, 0.2) is 36.4 Å². The molecule has 0 radical (unpaired) electrons. The summed E-state index contributed by atoms with van der Waals surface area (Å²) in [5, 5.41) is 4.38. The first-order valence-electron chi connectivity index (χ1n) is 8.57. The highest BCUT2D eigenvalue weighted by molar-refractivity contribution is 7.91. The molecular weight excluding hydrogens is 370 g/mol. The van der Waals surface area contributed by atoms with Gasteiger partial charge in [-0.3, -0.25) is 4.79 Å². The zero-order valence-corrected chi connectivity index (χ0v) is 15.9. The fraction of sp³-hybridized carbons (Fsp3) is 0.368. The lowest BCUT2D eigenvalue weighted by Crippen LogP contribution is -2.42. The molecule has 0 bridgehead atoms. The highest BCUT2D eigenvalue weighted by atomic mass is 32.2. The van der Waals surface area contributed by atoms with Crippen molar-refractivity contribution >= 4 is 32.5 Å². The average Bonchev–Trinajstić information content (AvgIpc) is 2.98. The van der Waals surface area contributed by atoms with Crippen molar-refractivity contribution in [1.82, 2.24) is 5.32 Å². The van der Waals surface area contributed by atoms with Crippen LogP contribution in [0.1, 0.15) is 23.7 Å². The van der Waals surface area contributed by atoms with Gasteiger partial charge < -0.3 is 14.8 Å². The third kappa shape index (κ3) is 4.39. The summed E-state index contributed by atoms with van der Waals surface area (Å²) in [5.41, 5.74) is 0.222. The van der Waals surface area contributed by atoms with Crippen LogP contribution in [0.5, 0.6) is 5.75 Å². The third-order valence-electron chi connectivity index (χ3n) is 4.52. The number of ether oxygens (including phenoxy) is 2. The zero-order chi connectivity index (χ0) is 19.6. The molecule has 27 heavy (non-hydrogen) atoms. The Labute approximate surface area is 157 Å². The van der Waals surface area contributed by atoms with Crippen LogP contribution < -0.4 is 10.1 Å². The molecule has 8 heteroatoms. The Morgan fingerprint density at radius 3 is 2.44 bits per heavy atom. The number of benzene rings is 2. The van der Waals surface area contributed by atoms with Gasteiger partial charge in [0.1, 0.15) is 11.3 Å². The zero-order valence-electron chi connectivity index (χ0n) is 15.1. The first kappa shape index (κ1) is 19.2. The minimum Gasteiger partial charge on any atom is -0.496 e. The molecule has 144 valence electrons. The van der Waals surface area contributed by atoms with Gasteiger partial charge in [0.05, 0.1) is 18.6 Å². The molecule has 1 aliphatic rings. The van der Waals surface area contributed by atoms with E-state index in [9.17, 15) is 18.0 Å².